The van der Waals surface area contributed by atoms with Crippen LogP contribution < -0.4 is 34.3 Å². The molecule has 0 amide bonds. The van der Waals surface area contributed by atoms with Gasteiger partial charge in [-0.2, -0.15) is 0 Å². The number of benzene rings is 1. The van der Waals surface area contributed by atoms with Gasteiger partial charge in [0.15, 0.2) is 6.61 Å². The molecule has 1 aromatic rings. The van der Waals surface area contributed by atoms with E-state index in [1.54, 1.807) is 12.1 Å². The van der Waals surface area contributed by atoms with E-state index in [-0.39, 0.29) is 43.6 Å². The van der Waals surface area contributed by atoms with Gasteiger partial charge in [-0.1, -0.05) is 31.5 Å². The normalized spacial score (nSPS) is 9.06. The van der Waals surface area contributed by atoms with E-state index in [1.165, 1.54) is 0 Å². The molecule has 3 nitrogen and oxygen atoms in total. The number of rotatable bonds is 6. The summed E-state index contributed by atoms with van der Waals surface area (Å²) in [5, 5.41) is 0. The molecule has 0 aliphatic heterocycles. The maximum atomic E-state index is 11.1. The van der Waals surface area contributed by atoms with E-state index in [1.807, 2.05) is 25.1 Å². The molecule has 0 saturated carbocycles. The number of carbonyl (C=O) groups is 1. The summed E-state index contributed by atoms with van der Waals surface area (Å²) in [6.45, 7) is 2.51. The number of hydrogen-bond donors (Lipinski definition) is 0. The van der Waals surface area contributed by atoms with Gasteiger partial charge in [0.05, 0.1) is 6.61 Å². The standard InChI is InChI=1S/C12H16O3.Na.H/c1-2-3-9-14-12(13)10-15-11-7-5-4-6-8-11;;/h4-8H,2-3,9-10H2,1H3;;/q;+1;-1. The van der Waals surface area contributed by atoms with E-state index >= 15 is 0 Å². The summed E-state index contributed by atoms with van der Waals surface area (Å²) in [5.74, 6) is 0.372. The van der Waals surface area contributed by atoms with Crippen molar-refractivity contribution in [2.45, 2.75) is 19.8 Å². The minimum absolute atomic E-state index is 0. The van der Waals surface area contributed by atoms with Gasteiger partial charge in [0, 0.05) is 0 Å². The Balaban J connectivity index is 0. The molecule has 0 aliphatic carbocycles. The molecule has 0 atom stereocenters. The van der Waals surface area contributed by atoms with Crippen molar-refractivity contribution in [3.8, 4) is 5.75 Å². The number of esters is 1. The first-order valence-electron chi connectivity index (χ1n) is 5.16. The Morgan fingerprint density at radius 3 is 2.62 bits per heavy atom. The van der Waals surface area contributed by atoms with Crippen molar-refractivity contribution in [1.82, 2.24) is 0 Å². The van der Waals surface area contributed by atoms with Crippen LogP contribution in [0, 0.1) is 0 Å². The molecule has 0 fully saturated rings. The molecule has 1 rings (SSSR count). The van der Waals surface area contributed by atoms with Crippen LogP contribution in [0.3, 0.4) is 0 Å². The third-order valence-electron chi connectivity index (χ3n) is 1.86. The monoisotopic (exact) mass is 232 g/mol. The van der Waals surface area contributed by atoms with Crippen LogP contribution in [0.1, 0.15) is 21.2 Å². The van der Waals surface area contributed by atoms with Gasteiger partial charge in [-0.3, -0.25) is 0 Å². The van der Waals surface area contributed by atoms with E-state index < -0.39 is 0 Å². The average molecular weight is 232 g/mol. The molecule has 0 spiro atoms. The molecule has 0 aromatic heterocycles. The van der Waals surface area contributed by atoms with Crippen molar-refractivity contribution in [2.24, 2.45) is 0 Å². The van der Waals surface area contributed by atoms with E-state index in [0.717, 1.165) is 12.8 Å². The predicted octanol–water partition coefficient (Wildman–Crippen LogP) is -0.475. The molecule has 0 unspecified atom stereocenters. The summed E-state index contributed by atoms with van der Waals surface area (Å²) in [4.78, 5) is 11.1. The Hall–Kier alpha value is -0.510. The maximum absolute atomic E-state index is 11.1. The SMILES string of the molecule is CCCCOC(=O)COc1ccccc1.[H-].[Na+]. The van der Waals surface area contributed by atoms with Crippen LogP contribution >= 0.6 is 0 Å². The molecule has 0 N–H and O–H groups in total. The fourth-order valence-corrected chi connectivity index (χ4v) is 1.03. The molecule has 84 valence electrons. The van der Waals surface area contributed by atoms with Crippen molar-refractivity contribution in [3.05, 3.63) is 30.3 Å². The second-order valence-corrected chi connectivity index (χ2v) is 3.18. The predicted molar refractivity (Wildman–Crippen MR) is 58.9 cm³/mol. The van der Waals surface area contributed by atoms with E-state index in [9.17, 15) is 4.79 Å². The Labute approximate surface area is 120 Å². The van der Waals surface area contributed by atoms with Crippen molar-refractivity contribution in [2.75, 3.05) is 13.2 Å². The summed E-state index contributed by atoms with van der Waals surface area (Å²) in [6, 6.07) is 9.22. The minimum Gasteiger partial charge on any atom is -1.00 e. The van der Waals surface area contributed by atoms with Gasteiger partial charge in [0.1, 0.15) is 5.75 Å². The molecule has 0 radical (unpaired) electrons. The largest absolute Gasteiger partial charge is 1.00 e. The van der Waals surface area contributed by atoms with Gasteiger partial charge in [-0.15, -0.1) is 0 Å². The number of ether oxygens (including phenoxy) is 2. The molecule has 16 heavy (non-hydrogen) atoms. The smallest absolute Gasteiger partial charge is 1.00 e. The zero-order valence-electron chi connectivity index (χ0n) is 10.9. The summed E-state index contributed by atoms with van der Waals surface area (Å²) >= 11 is 0. The third kappa shape index (κ3) is 6.88. The van der Waals surface area contributed by atoms with Crippen molar-refractivity contribution >= 4 is 5.97 Å². The van der Waals surface area contributed by atoms with Crippen molar-refractivity contribution in [3.63, 3.8) is 0 Å². The number of carbonyl (C=O) groups excluding carboxylic acids is 1. The number of hydrogen-bond acceptors (Lipinski definition) is 3. The van der Waals surface area contributed by atoms with Gasteiger partial charge in [-0.25, -0.2) is 4.79 Å². The van der Waals surface area contributed by atoms with Crippen molar-refractivity contribution in [1.29, 1.82) is 0 Å². The second-order valence-electron chi connectivity index (χ2n) is 3.18. The van der Waals surface area contributed by atoms with Gasteiger partial charge < -0.3 is 10.9 Å². The van der Waals surface area contributed by atoms with E-state index in [2.05, 4.69) is 0 Å². The Morgan fingerprint density at radius 1 is 1.31 bits per heavy atom. The number of unbranched alkanes of at least 4 members (excludes halogenated alkanes) is 1. The first-order valence-corrected chi connectivity index (χ1v) is 5.16. The quantitative estimate of drug-likeness (QED) is 0.378. The van der Waals surface area contributed by atoms with E-state index in [4.69, 9.17) is 9.47 Å². The van der Waals surface area contributed by atoms with Crippen LogP contribution in [0.4, 0.5) is 0 Å². The Morgan fingerprint density at radius 2 is 2.00 bits per heavy atom. The van der Waals surface area contributed by atoms with Crippen molar-refractivity contribution < 1.29 is 45.3 Å². The van der Waals surface area contributed by atoms with Crippen LogP contribution in [0.15, 0.2) is 30.3 Å². The summed E-state index contributed by atoms with van der Waals surface area (Å²) in [5.41, 5.74) is 0. The molecule has 1 aromatic carbocycles. The van der Waals surface area contributed by atoms with Crippen LogP contribution in [0.2, 0.25) is 0 Å². The number of para-hydroxylation sites is 1. The molecule has 0 aliphatic rings. The minimum atomic E-state index is -0.313. The van der Waals surface area contributed by atoms with Gasteiger partial charge in [-0.05, 0) is 18.6 Å². The average Bonchev–Trinajstić information content (AvgIpc) is 2.28. The summed E-state index contributed by atoms with van der Waals surface area (Å²) in [7, 11) is 0. The van der Waals surface area contributed by atoms with Crippen LogP contribution in [0.5, 0.6) is 5.75 Å². The molecule has 0 heterocycles. The topological polar surface area (TPSA) is 35.5 Å². The van der Waals surface area contributed by atoms with Crippen LogP contribution in [-0.2, 0) is 9.53 Å². The maximum Gasteiger partial charge on any atom is 1.00 e. The first kappa shape index (κ1) is 15.5. The fraction of sp³-hybridized carbons (Fsp3) is 0.417. The molecule has 0 bridgehead atoms. The van der Waals surface area contributed by atoms with E-state index in [0.29, 0.717) is 12.4 Å². The van der Waals surface area contributed by atoms with Gasteiger partial charge in [0.2, 0.25) is 0 Å². The van der Waals surface area contributed by atoms with Crippen LogP contribution in [0.25, 0.3) is 0 Å². The zero-order valence-corrected chi connectivity index (χ0v) is 11.9. The Kier molecular flexibility index (Phi) is 9.39. The Bertz CT molecular complexity index is 293. The first-order chi connectivity index (χ1) is 7.33. The molecular formula is C12H17NaO3. The molecule has 0 saturated heterocycles. The molecule has 4 heteroatoms. The zero-order chi connectivity index (χ0) is 10.9. The van der Waals surface area contributed by atoms with Crippen LogP contribution in [-0.4, -0.2) is 19.2 Å². The fourth-order valence-electron chi connectivity index (χ4n) is 1.03. The third-order valence-corrected chi connectivity index (χ3v) is 1.86. The van der Waals surface area contributed by atoms with Gasteiger partial charge >= 0.3 is 35.5 Å². The second kappa shape index (κ2) is 9.70. The summed E-state index contributed by atoms with van der Waals surface area (Å²) < 4.78 is 10.2. The molecular weight excluding hydrogens is 215 g/mol. The summed E-state index contributed by atoms with van der Waals surface area (Å²) in [6.07, 6.45) is 1.92. The van der Waals surface area contributed by atoms with Gasteiger partial charge in [0.25, 0.3) is 0 Å².